The molecule has 0 bridgehead atoms. The molecule has 2 heterocycles. The fourth-order valence-corrected chi connectivity index (χ4v) is 6.48. The highest BCUT2D eigenvalue weighted by molar-refractivity contribution is 7.91. The van der Waals surface area contributed by atoms with Crippen LogP contribution in [0, 0.1) is 5.92 Å². The lowest BCUT2D eigenvalue weighted by molar-refractivity contribution is -0.169. The number of ether oxygens (including phenoxy) is 2. The molecule has 0 radical (unpaired) electrons. The summed E-state index contributed by atoms with van der Waals surface area (Å²) >= 11 is 0. The third-order valence-electron chi connectivity index (χ3n) is 7.30. The molecule has 2 amide bonds. The number of amides is 2. The molecule has 0 aromatic heterocycles. The molecule has 2 aliphatic heterocycles. The van der Waals surface area contributed by atoms with Crippen molar-refractivity contribution in [3.63, 3.8) is 0 Å². The second-order valence-electron chi connectivity index (χ2n) is 10.5. The van der Waals surface area contributed by atoms with Crippen molar-refractivity contribution < 1.29 is 41.4 Å². The summed E-state index contributed by atoms with van der Waals surface area (Å²) in [5.41, 5.74) is 0.571. The first-order valence-electron chi connectivity index (χ1n) is 13.4. The molecule has 4 N–H and O–H groups in total. The number of benzene rings is 1. The Labute approximate surface area is 233 Å². The molecule has 2 fully saturated rings. The maximum Gasteiger partial charge on any atom is 0.351 e. The Kier molecular flexibility index (Phi) is 11.2. The second kappa shape index (κ2) is 14.0. The SMILES string of the molecule is COc1ccc(CS(=O)(=O)[C@H]2CN[C@H](C(=O)NC(C(C)C)C(O)C(F)(F)C(=O)NCCN3CCOCC3)C2)cc1. The van der Waals surface area contributed by atoms with Crippen LogP contribution in [0.4, 0.5) is 8.78 Å². The summed E-state index contributed by atoms with van der Waals surface area (Å²) in [6.45, 7) is 5.75. The molecule has 40 heavy (non-hydrogen) atoms. The zero-order chi connectivity index (χ0) is 29.5. The van der Waals surface area contributed by atoms with E-state index in [0.29, 0.717) is 44.2 Å². The number of morpholine rings is 1. The molecule has 4 atom stereocenters. The van der Waals surface area contributed by atoms with Gasteiger partial charge in [-0.25, -0.2) is 8.42 Å². The fourth-order valence-electron chi connectivity index (χ4n) is 4.75. The quantitative estimate of drug-likeness (QED) is 0.248. The van der Waals surface area contributed by atoms with Gasteiger partial charge in [0, 0.05) is 32.7 Å². The summed E-state index contributed by atoms with van der Waals surface area (Å²) < 4.78 is 66.1. The predicted molar refractivity (Wildman–Crippen MR) is 144 cm³/mol. The number of halogens is 2. The Bertz CT molecular complexity index is 1100. The van der Waals surface area contributed by atoms with Crippen LogP contribution in [0.15, 0.2) is 24.3 Å². The number of nitrogens with one attached hydrogen (secondary N) is 3. The normalized spacial score (nSPS) is 22.1. The third-order valence-corrected chi connectivity index (χ3v) is 9.41. The van der Waals surface area contributed by atoms with Crippen molar-refractivity contribution in [2.45, 2.75) is 55.4 Å². The molecule has 1 aromatic rings. The molecular weight excluding hydrogens is 550 g/mol. The molecular formula is C26H40F2N4O7S. The number of alkyl halides is 2. The van der Waals surface area contributed by atoms with E-state index in [1.165, 1.54) is 21.0 Å². The van der Waals surface area contributed by atoms with Crippen LogP contribution in [0.3, 0.4) is 0 Å². The van der Waals surface area contributed by atoms with E-state index >= 15 is 0 Å². The van der Waals surface area contributed by atoms with Gasteiger partial charge in [-0.15, -0.1) is 0 Å². The number of carbonyl (C=O) groups excluding carboxylic acids is 2. The summed E-state index contributed by atoms with van der Waals surface area (Å²) in [6.07, 6.45) is -2.54. The van der Waals surface area contributed by atoms with Gasteiger partial charge in [0.25, 0.3) is 5.91 Å². The zero-order valence-corrected chi connectivity index (χ0v) is 23.9. The highest BCUT2D eigenvalue weighted by Gasteiger charge is 2.51. The van der Waals surface area contributed by atoms with Crippen molar-refractivity contribution in [1.82, 2.24) is 20.9 Å². The van der Waals surface area contributed by atoms with Crippen LogP contribution >= 0.6 is 0 Å². The van der Waals surface area contributed by atoms with Gasteiger partial charge >= 0.3 is 5.92 Å². The van der Waals surface area contributed by atoms with Gasteiger partial charge in [0.1, 0.15) is 11.9 Å². The van der Waals surface area contributed by atoms with Crippen LogP contribution < -0.4 is 20.7 Å². The number of rotatable bonds is 13. The van der Waals surface area contributed by atoms with Gasteiger partial charge in [-0.3, -0.25) is 14.5 Å². The minimum atomic E-state index is -4.17. The van der Waals surface area contributed by atoms with E-state index in [9.17, 15) is 31.9 Å². The Morgan fingerprint density at radius 2 is 1.88 bits per heavy atom. The molecule has 0 spiro atoms. The third kappa shape index (κ3) is 8.32. The van der Waals surface area contributed by atoms with Crippen molar-refractivity contribution in [2.75, 3.05) is 53.0 Å². The van der Waals surface area contributed by atoms with E-state index in [4.69, 9.17) is 9.47 Å². The molecule has 11 nitrogen and oxygen atoms in total. The van der Waals surface area contributed by atoms with Crippen LogP contribution in [-0.2, 0) is 29.9 Å². The van der Waals surface area contributed by atoms with E-state index in [1.54, 1.807) is 24.3 Å². The number of nitrogens with zero attached hydrogens (tertiary/aromatic N) is 1. The number of carbonyl (C=O) groups is 2. The van der Waals surface area contributed by atoms with Crippen molar-refractivity contribution in [3.05, 3.63) is 29.8 Å². The lowest BCUT2D eigenvalue weighted by Gasteiger charge is -2.33. The number of hydrogen-bond acceptors (Lipinski definition) is 9. The first-order valence-corrected chi connectivity index (χ1v) is 15.1. The molecule has 2 saturated heterocycles. The Morgan fingerprint density at radius 1 is 1.23 bits per heavy atom. The largest absolute Gasteiger partial charge is 0.497 e. The number of aliphatic hydroxyl groups is 1. The highest BCUT2D eigenvalue weighted by atomic mass is 32.2. The minimum Gasteiger partial charge on any atom is -0.497 e. The van der Waals surface area contributed by atoms with E-state index in [-0.39, 0.29) is 25.3 Å². The van der Waals surface area contributed by atoms with Crippen molar-refractivity contribution in [1.29, 1.82) is 0 Å². The van der Waals surface area contributed by atoms with Crippen LogP contribution in [0.25, 0.3) is 0 Å². The zero-order valence-electron chi connectivity index (χ0n) is 23.1. The van der Waals surface area contributed by atoms with Gasteiger partial charge in [0.2, 0.25) is 5.91 Å². The summed E-state index contributed by atoms with van der Waals surface area (Å²) in [6, 6.07) is 4.20. The van der Waals surface area contributed by atoms with Gasteiger partial charge < -0.3 is 30.5 Å². The smallest absolute Gasteiger partial charge is 0.351 e. The Balaban J connectivity index is 1.55. The molecule has 2 aliphatic rings. The average molecular weight is 591 g/mol. The van der Waals surface area contributed by atoms with Crippen LogP contribution in [0.5, 0.6) is 5.75 Å². The number of methoxy groups -OCH3 is 1. The maximum atomic E-state index is 14.9. The standard InChI is InChI=1S/C26H40F2N4O7S/c1-17(2)22(23(33)26(27,28)25(35)29-8-9-32-10-12-39-13-11-32)31-24(34)21-14-20(15-30-21)40(36,37)16-18-4-6-19(38-3)7-5-18/h4-7,17,20-23,30,33H,8-16H2,1-3H3,(H,29,35)(H,31,34)/t20-,21+,22?,23?/m1/s1. The van der Waals surface area contributed by atoms with Gasteiger partial charge in [-0.2, -0.15) is 8.78 Å². The van der Waals surface area contributed by atoms with E-state index < -0.39 is 56.9 Å². The molecule has 226 valence electrons. The topological polar surface area (TPSA) is 146 Å². The van der Waals surface area contributed by atoms with Crippen LogP contribution in [0.2, 0.25) is 0 Å². The van der Waals surface area contributed by atoms with Crippen LogP contribution in [-0.4, -0.2) is 113 Å². The summed E-state index contributed by atoms with van der Waals surface area (Å²) in [5, 5.41) is 17.1. The molecule has 1 aromatic carbocycles. The van der Waals surface area contributed by atoms with Crippen LogP contribution in [0.1, 0.15) is 25.8 Å². The average Bonchev–Trinajstić information content (AvgIpc) is 3.43. The number of aliphatic hydroxyl groups excluding tert-OH is 1. The van der Waals surface area contributed by atoms with E-state index in [2.05, 4.69) is 16.0 Å². The summed E-state index contributed by atoms with van der Waals surface area (Å²) in [7, 11) is -2.12. The fraction of sp³-hybridized carbons (Fsp3) is 0.692. The first-order chi connectivity index (χ1) is 18.8. The number of sulfone groups is 1. The predicted octanol–water partition coefficient (Wildman–Crippen LogP) is -0.0741. The van der Waals surface area contributed by atoms with E-state index in [0.717, 1.165) is 0 Å². The summed E-state index contributed by atoms with van der Waals surface area (Å²) in [5.74, 6) is -6.79. The van der Waals surface area contributed by atoms with Crippen molar-refractivity contribution in [2.24, 2.45) is 5.92 Å². The minimum absolute atomic E-state index is 0.0210. The second-order valence-corrected chi connectivity index (χ2v) is 12.8. The highest BCUT2D eigenvalue weighted by Crippen LogP contribution is 2.26. The van der Waals surface area contributed by atoms with Crippen molar-refractivity contribution in [3.8, 4) is 5.75 Å². The number of hydrogen-bond donors (Lipinski definition) is 4. The van der Waals surface area contributed by atoms with Gasteiger partial charge in [-0.1, -0.05) is 26.0 Å². The molecule has 0 saturated carbocycles. The molecule has 0 aliphatic carbocycles. The maximum absolute atomic E-state index is 14.9. The molecule has 3 rings (SSSR count). The Hall–Kier alpha value is -2.39. The first kappa shape index (κ1) is 32.1. The lowest BCUT2D eigenvalue weighted by Crippen LogP contribution is -2.61. The molecule has 14 heteroatoms. The lowest BCUT2D eigenvalue weighted by atomic mass is 9.93. The molecule has 2 unspecified atom stereocenters. The van der Waals surface area contributed by atoms with E-state index in [1.807, 2.05) is 4.90 Å². The van der Waals surface area contributed by atoms with Gasteiger partial charge in [0.15, 0.2) is 9.84 Å². The van der Waals surface area contributed by atoms with Crippen molar-refractivity contribution >= 4 is 21.7 Å². The van der Waals surface area contributed by atoms with Gasteiger partial charge in [-0.05, 0) is 30.0 Å². The van der Waals surface area contributed by atoms with Gasteiger partial charge in [0.05, 0.1) is 43.4 Å². The summed E-state index contributed by atoms with van der Waals surface area (Å²) in [4.78, 5) is 27.2. The Morgan fingerprint density at radius 3 is 2.48 bits per heavy atom. The monoisotopic (exact) mass is 590 g/mol.